The second kappa shape index (κ2) is 11.2. The molecule has 3 heteroatoms. The molecular formula is C46H29NOS. The predicted molar refractivity (Wildman–Crippen MR) is 210 cm³/mol. The highest BCUT2D eigenvalue weighted by Crippen LogP contribution is 2.42. The Kier molecular flexibility index (Phi) is 6.39. The summed E-state index contributed by atoms with van der Waals surface area (Å²) in [5.41, 5.74) is 9.96. The lowest BCUT2D eigenvalue weighted by atomic mass is 9.98. The van der Waals surface area contributed by atoms with E-state index in [4.69, 9.17) is 4.42 Å². The molecule has 2 aromatic heterocycles. The van der Waals surface area contributed by atoms with Gasteiger partial charge in [-0.1, -0.05) is 115 Å². The van der Waals surface area contributed by atoms with Gasteiger partial charge in [0.25, 0.3) is 0 Å². The van der Waals surface area contributed by atoms with E-state index in [9.17, 15) is 0 Å². The van der Waals surface area contributed by atoms with Crippen molar-refractivity contribution in [1.29, 1.82) is 0 Å². The fraction of sp³-hybridized carbons (Fsp3) is 0. The summed E-state index contributed by atoms with van der Waals surface area (Å²) in [5, 5.41) is 7.35. The minimum atomic E-state index is 0.921. The molecule has 0 fully saturated rings. The fourth-order valence-corrected chi connectivity index (χ4v) is 8.42. The van der Waals surface area contributed by atoms with Crippen molar-refractivity contribution in [3.8, 4) is 22.3 Å². The van der Waals surface area contributed by atoms with Gasteiger partial charge in [-0.3, -0.25) is 0 Å². The zero-order chi connectivity index (χ0) is 32.3. The van der Waals surface area contributed by atoms with Crippen LogP contribution in [0.1, 0.15) is 0 Å². The molecule has 10 aromatic rings. The summed E-state index contributed by atoms with van der Waals surface area (Å²) in [7, 11) is 0. The Hall–Kier alpha value is -6.16. The number of benzene rings is 8. The Morgan fingerprint density at radius 2 is 1.02 bits per heavy atom. The maximum Gasteiger partial charge on any atom is 0.136 e. The van der Waals surface area contributed by atoms with Gasteiger partial charge in [0.15, 0.2) is 0 Å². The van der Waals surface area contributed by atoms with Crippen LogP contribution in [0, 0.1) is 0 Å². The molecule has 10 rings (SSSR count). The quantitative estimate of drug-likeness (QED) is 0.186. The molecule has 0 radical (unpaired) electrons. The lowest BCUT2D eigenvalue weighted by molar-refractivity contribution is 0.669. The Balaban J connectivity index is 1.10. The van der Waals surface area contributed by atoms with Crippen molar-refractivity contribution in [1.82, 2.24) is 0 Å². The van der Waals surface area contributed by atoms with E-state index in [1.54, 1.807) is 0 Å². The molecule has 0 amide bonds. The van der Waals surface area contributed by atoms with Crippen molar-refractivity contribution in [2.24, 2.45) is 0 Å². The average Bonchev–Trinajstić information content (AvgIpc) is 3.74. The summed E-state index contributed by atoms with van der Waals surface area (Å²) in [6.45, 7) is 0. The molecule has 0 spiro atoms. The number of fused-ring (bicyclic) bond motifs is 8. The molecular weight excluding hydrogens is 615 g/mol. The minimum absolute atomic E-state index is 0.921. The average molecular weight is 644 g/mol. The van der Waals surface area contributed by atoms with Crippen LogP contribution in [0.5, 0.6) is 0 Å². The van der Waals surface area contributed by atoms with E-state index >= 15 is 0 Å². The van der Waals surface area contributed by atoms with E-state index in [1.165, 1.54) is 58.6 Å². The van der Waals surface area contributed by atoms with Crippen molar-refractivity contribution < 1.29 is 4.42 Å². The SMILES string of the molecule is c1ccc(-c2cccc(N(c3ccc(-c4ccc5ccc6oc7ccccc7c6c5c4)cc3)c3ccc4c(c3)sc3ccccc34)c2)cc1. The molecule has 49 heavy (non-hydrogen) atoms. The molecule has 0 saturated heterocycles. The first-order valence-corrected chi connectivity index (χ1v) is 17.4. The van der Waals surface area contributed by atoms with Crippen molar-refractivity contribution in [3.05, 3.63) is 176 Å². The van der Waals surface area contributed by atoms with Gasteiger partial charge in [-0.05, 0) is 93.7 Å². The number of hydrogen-bond donors (Lipinski definition) is 0. The van der Waals surface area contributed by atoms with Crippen LogP contribution in [-0.2, 0) is 0 Å². The maximum absolute atomic E-state index is 6.21. The molecule has 2 heterocycles. The predicted octanol–water partition coefficient (Wildman–Crippen LogP) is 13.9. The van der Waals surface area contributed by atoms with Gasteiger partial charge < -0.3 is 9.32 Å². The fourth-order valence-electron chi connectivity index (χ4n) is 7.28. The molecule has 0 unspecified atom stereocenters. The van der Waals surface area contributed by atoms with Gasteiger partial charge >= 0.3 is 0 Å². The number of thiophene rings is 1. The standard InChI is InChI=1S/C46H29NOS/c1-2-9-30(10-3-1)33-11-8-12-36(27-33)47(37-24-25-39-38-13-5-7-16-44(38)49-45(39)29-37)35-22-19-31(20-23-35)34-18-17-32-21-26-43-46(41(32)28-34)40-14-4-6-15-42(40)48-43/h1-29H. The summed E-state index contributed by atoms with van der Waals surface area (Å²) >= 11 is 1.85. The van der Waals surface area contributed by atoms with Gasteiger partial charge in [0, 0.05) is 48.0 Å². The van der Waals surface area contributed by atoms with Gasteiger partial charge in [0.1, 0.15) is 11.2 Å². The minimum Gasteiger partial charge on any atom is -0.456 e. The van der Waals surface area contributed by atoms with Crippen LogP contribution in [-0.4, -0.2) is 0 Å². The first-order valence-electron chi connectivity index (χ1n) is 16.6. The second-order valence-electron chi connectivity index (χ2n) is 12.6. The van der Waals surface area contributed by atoms with Crippen molar-refractivity contribution >= 4 is 81.3 Å². The zero-order valence-electron chi connectivity index (χ0n) is 26.5. The van der Waals surface area contributed by atoms with Crippen LogP contribution in [0.25, 0.3) is 75.1 Å². The van der Waals surface area contributed by atoms with E-state index in [-0.39, 0.29) is 0 Å². The lowest BCUT2D eigenvalue weighted by Gasteiger charge is -2.26. The van der Waals surface area contributed by atoms with Crippen LogP contribution in [0.15, 0.2) is 180 Å². The van der Waals surface area contributed by atoms with Crippen LogP contribution < -0.4 is 4.90 Å². The smallest absolute Gasteiger partial charge is 0.136 e. The van der Waals surface area contributed by atoms with E-state index in [1.807, 2.05) is 23.5 Å². The van der Waals surface area contributed by atoms with Gasteiger partial charge in [0.05, 0.1) is 0 Å². The second-order valence-corrected chi connectivity index (χ2v) is 13.6. The normalized spacial score (nSPS) is 11.7. The van der Waals surface area contributed by atoms with Crippen LogP contribution in [0.4, 0.5) is 17.1 Å². The first-order chi connectivity index (χ1) is 24.3. The molecule has 8 aromatic carbocycles. The van der Waals surface area contributed by atoms with Gasteiger partial charge in [-0.25, -0.2) is 0 Å². The van der Waals surface area contributed by atoms with Crippen LogP contribution >= 0.6 is 11.3 Å². The molecule has 0 aliphatic rings. The van der Waals surface area contributed by atoms with E-state index in [0.717, 1.165) is 33.6 Å². The third kappa shape index (κ3) is 4.70. The highest BCUT2D eigenvalue weighted by Gasteiger charge is 2.17. The summed E-state index contributed by atoms with van der Waals surface area (Å²) in [6.07, 6.45) is 0. The Morgan fingerprint density at radius 3 is 1.92 bits per heavy atom. The largest absolute Gasteiger partial charge is 0.456 e. The van der Waals surface area contributed by atoms with Crippen molar-refractivity contribution in [2.75, 3.05) is 4.90 Å². The number of nitrogens with zero attached hydrogens (tertiary/aromatic N) is 1. The van der Waals surface area contributed by atoms with Gasteiger partial charge in [0.2, 0.25) is 0 Å². The number of furan rings is 1. The highest BCUT2D eigenvalue weighted by atomic mass is 32.1. The molecule has 0 bridgehead atoms. The topological polar surface area (TPSA) is 16.4 Å². The molecule has 0 saturated carbocycles. The van der Waals surface area contributed by atoms with E-state index < -0.39 is 0 Å². The Labute approximate surface area is 287 Å². The molecule has 0 atom stereocenters. The first kappa shape index (κ1) is 27.9. The third-order valence-corrected chi connectivity index (χ3v) is 10.8. The molecule has 0 aliphatic carbocycles. The zero-order valence-corrected chi connectivity index (χ0v) is 27.3. The summed E-state index contributed by atoms with van der Waals surface area (Å²) < 4.78 is 8.81. The van der Waals surface area contributed by atoms with E-state index in [0.29, 0.717) is 0 Å². The molecule has 230 valence electrons. The molecule has 0 aliphatic heterocycles. The third-order valence-electron chi connectivity index (χ3n) is 9.65. The Morgan fingerprint density at radius 1 is 0.367 bits per heavy atom. The lowest BCUT2D eigenvalue weighted by Crippen LogP contribution is -2.09. The van der Waals surface area contributed by atoms with Crippen molar-refractivity contribution in [2.45, 2.75) is 0 Å². The van der Waals surface area contributed by atoms with Crippen LogP contribution in [0.3, 0.4) is 0 Å². The van der Waals surface area contributed by atoms with Crippen molar-refractivity contribution in [3.63, 3.8) is 0 Å². The molecule has 0 N–H and O–H groups in total. The van der Waals surface area contributed by atoms with Crippen LogP contribution in [0.2, 0.25) is 0 Å². The Bertz CT molecular complexity index is 2830. The monoisotopic (exact) mass is 643 g/mol. The summed E-state index contributed by atoms with van der Waals surface area (Å²) in [4.78, 5) is 2.38. The van der Waals surface area contributed by atoms with Gasteiger partial charge in [-0.2, -0.15) is 0 Å². The van der Waals surface area contributed by atoms with E-state index in [2.05, 4.69) is 169 Å². The number of para-hydroxylation sites is 1. The van der Waals surface area contributed by atoms with Gasteiger partial charge in [-0.15, -0.1) is 11.3 Å². The summed E-state index contributed by atoms with van der Waals surface area (Å²) in [5.74, 6) is 0. The highest BCUT2D eigenvalue weighted by molar-refractivity contribution is 7.25. The number of anilines is 3. The number of rotatable bonds is 5. The molecule has 2 nitrogen and oxygen atoms in total. The maximum atomic E-state index is 6.21. The summed E-state index contributed by atoms with van der Waals surface area (Å²) in [6, 6.07) is 63.3. The number of hydrogen-bond acceptors (Lipinski definition) is 3.